The molecular formula is C12H16N2O4S. The van der Waals surface area contributed by atoms with Crippen molar-refractivity contribution in [3.05, 3.63) is 45.5 Å². The van der Waals surface area contributed by atoms with Crippen LogP contribution in [0.15, 0.2) is 29.2 Å². The number of hydrogen-bond acceptors (Lipinski definition) is 4. The maximum atomic E-state index is 12.1. The number of nitrogens with zero attached hydrogens (tertiary/aromatic N) is 1. The zero-order valence-electron chi connectivity index (χ0n) is 11.1. The van der Waals surface area contributed by atoms with Crippen LogP contribution in [0.5, 0.6) is 0 Å². The predicted molar refractivity (Wildman–Crippen MR) is 72.6 cm³/mol. The van der Waals surface area contributed by atoms with Crippen LogP contribution in [0.25, 0.3) is 0 Å². The first-order chi connectivity index (χ1) is 8.65. The molecule has 0 aliphatic rings. The Hall–Kier alpha value is -1.73. The van der Waals surface area contributed by atoms with E-state index in [0.29, 0.717) is 16.7 Å². The topological polar surface area (TPSA) is 89.3 Å². The SMILES string of the molecule is C=C(C)CNS(=O)(=O)c1cc([N+](=O)[O-])cc(C)c1C. The van der Waals surface area contributed by atoms with Crippen LogP contribution in [0.2, 0.25) is 0 Å². The van der Waals surface area contributed by atoms with Crippen molar-refractivity contribution in [2.24, 2.45) is 0 Å². The molecule has 1 N–H and O–H groups in total. The van der Waals surface area contributed by atoms with E-state index >= 15 is 0 Å². The van der Waals surface area contributed by atoms with Gasteiger partial charge in [-0.25, -0.2) is 13.1 Å². The van der Waals surface area contributed by atoms with Gasteiger partial charge in [0.05, 0.1) is 9.82 Å². The molecule has 0 aliphatic carbocycles. The van der Waals surface area contributed by atoms with Gasteiger partial charge in [0.15, 0.2) is 0 Å². The number of nitro groups is 1. The van der Waals surface area contributed by atoms with Crippen LogP contribution in [0, 0.1) is 24.0 Å². The van der Waals surface area contributed by atoms with E-state index in [1.165, 1.54) is 6.07 Å². The fourth-order valence-corrected chi connectivity index (χ4v) is 2.92. The van der Waals surface area contributed by atoms with Crippen molar-refractivity contribution in [3.63, 3.8) is 0 Å². The molecule has 0 aromatic heterocycles. The molecule has 0 saturated carbocycles. The van der Waals surface area contributed by atoms with E-state index < -0.39 is 14.9 Å². The summed E-state index contributed by atoms with van der Waals surface area (Å²) in [5.41, 5.74) is 1.48. The average Bonchev–Trinajstić information content (AvgIpc) is 2.29. The summed E-state index contributed by atoms with van der Waals surface area (Å²) in [4.78, 5) is 10.1. The van der Waals surface area contributed by atoms with E-state index in [4.69, 9.17) is 0 Å². The number of rotatable bonds is 5. The molecule has 1 aromatic rings. The third-order valence-corrected chi connectivity index (χ3v) is 4.20. The van der Waals surface area contributed by atoms with Crippen molar-refractivity contribution in [1.29, 1.82) is 0 Å². The third kappa shape index (κ3) is 3.62. The van der Waals surface area contributed by atoms with Crippen LogP contribution in [0.3, 0.4) is 0 Å². The highest BCUT2D eigenvalue weighted by Crippen LogP contribution is 2.25. The molecule has 0 saturated heterocycles. The number of nitro benzene ring substituents is 1. The summed E-state index contributed by atoms with van der Waals surface area (Å²) >= 11 is 0. The summed E-state index contributed by atoms with van der Waals surface area (Å²) in [5, 5.41) is 10.8. The first-order valence-electron chi connectivity index (χ1n) is 5.55. The van der Waals surface area contributed by atoms with E-state index in [9.17, 15) is 18.5 Å². The van der Waals surface area contributed by atoms with Crippen molar-refractivity contribution >= 4 is 15.7 Å². The van der Waals surface area contributed by atoms with Crippen LogP contribution in [-0.2, 0) is 10.0 Å². The predicted octanol–water partition coefficient (Wildman–Crippen LogP) is 2.07. The molecule has 0 bridgehead atoms. The average molecular weight is 284 g/mol. The lowest BCUT2D eigenvalue weighted by molar-refractivity contribution is -0.385. The quantitative estimate of drug-likeness (QED) is 0.509. The zero-order valence-corrected chi connectivity index (χ0v) is 11.9. The Labute approximate surface area is 112 Å². The first-order valence-corrected chi connectivity index (χ1v) is 7.03. The Morgan fingerprint density at radius 1 is 1.42 bits per heavy atom. The Morgan fingerprint density at radius 2 is 2.00 bits per heavy atom. The van der Waals surface area contributed by atoms with Crippen LogP contribution in [-0.4, -0.2) is 19.9 Å². The Kier molecular flexibility index (Phi) is 4.43. The second-order valence-corrected chi connectivity index (χ2v) is 6.16. The second-order valence-electron chi connectivity index (χ2n) is 4.42. The molecule has 0 unspecified atom stereocenters. The minimum atomic E-state index is -3.78. The normalized spacial score (nSPS) is 11.3. The number of aryl methyl sites for hydroxylation is 1. The number of hydrogen-bond donors (Lipinski definition) is 1. The van der Waals surface area contributed by atoms with Crippen molar-refractivity contribution in [2.75, 3.05) is 6.54 Å². The molecule has 0 amide bonds. The van der Waals surface area contributed by atoms with Crippen molar-refractivity contribution in [2.45, 2.75) is 25.7 Å². The minimum Gasteiger partial charge on any atom is -0.258 e. The van der Waals surface area contributed by atoms with Crippen LogP contribution in [0.4, 0.5) is 5.69 Å². The van der Waals surface area contributed by atoms with Crippen LogP contribution in [0.1, 0.15) is 18.1 Å². The summed E-state index contributed by atoms with van der Waals surface area (Å²) in [6.45, 7) is 8.65. The Bertz CT molecular complexity index is 635. The first kappa shape index (κ1) is 15.3. The Balaban J connectivity index is 3.33. The standard InChI is InChI=1S/C12H16N2O4S/c1-8(2)7-13-19(17,18)12-6-11(14(15)16)5-9(3)10(12)4/h5-6,13H,1,7H2,2-4H3. The number of sulfonamides is 1. The van der Waals surface area contributed by atoms with Gasteiger partial charge in [0, 0.05) is 18.7 Å². The molecule has 0 fully saturated rings. The fraction of sp³-hybridized carbons (Fsp3) is 0.333. The van der Waals surface area contributed by atoms with Gasteiger partial charge in [-0.15, -0.1) is 0 Å². The van der Waals surface area contributed by atoms with Crippen molar-refractivity contribution < 1.29 is 13.3 Å². The van der Waals surface area contributed by atoms with Gasteiger partial charge in [-0.3, -0.25) is 10.1 Å². The molecule has 0 spiro atoms. The molecular weight excluding hydrogens is 268 g/mol. The number of nitrogens with one attached hydrogen (secondary N) is 1. The summed E-state index contributed by atoms with van der Waals surface area (Å²) in [7, 11) is -3.78. The highest BCUT2D eigenvalue weighted by atomic mass is 32.2. The Morgan fingerprint density at radius 3 is 2.47 bits per heavy atom. The van der Waals surface area contributed by atoms with Crippen LogP contribution < -0.4 is 4.72 Å². The monoisotopic (exact) mass is 284 g/mol. The van der Waals surface area contributed by atoms with Gasteiger partial charge >= 0.3 is 0 Å². The maximum Gasteiger partial charge on any atom is 0.271 e. The zero-order chi connectivity index (χ0) is 14.8. The molecule has 19 heavy (non-hydrogen) atoms. The van der Waals surface area contributed by atoms with Gasteiger partial charge in [-0.1, -0.05) is 12.2 Å². The summed E-state index contributed by atoms with van der Waals surface area (Å²) in [6, 6.07) is 2.43. The molecule has 0 heterocycles. The molecule has 0 radical (unpaired) electrons. The lowest BCUT2D eigenvalue weighted by Gasteiger charge is -2.11. The molecule has 0 aliphatic heterocycles. The number of benzene rings is 1. The highest BCUT2D eigenvalue weighted by molar-refractivity contribution is 7.89. The van der Waals surface area contributed by atoms with Gasteiger partial charge in [0.1, 0.15) is 0 Å². The number of non-ortho nitro benzene ring substituents is 1. The maximum absolute atomic E-state index is 12.1. The van der Waals surface area contributed by atoms with Crippen molar-refractivity contribution in [1.82, 2.24) is 4.72 Å². The molecule has 1 aromatic carbocycles. The summed E-state index contributed by atoms with van der Waals surface area (Å²) in [5.74, 6) is 0. The molecule has 7 heteroatoms. The fourth-order valence-electron chi connectivity index (χ4n) is 1.49. The molecule has 1 rings (SSSR count). The van der Waals surface area contributed by atoms with Gasteiger partial charge < -0.3 is 0 Å². The van der Waals surface area contributed by atoms with E-state index in [1.54, 1.807) is 20.8 Å². The van der Waals surface area contributed by atoms with E-state index in [0.717, 1.165) is 6.07 Å². The van der Waals surface area contributed by atoms with E-state index in [-0.39, 0.29) is 17.1 Å². The molecule has 6 nitrogen and oxygen atoms in total. The van der Waals surface area contributed by atoms with E-state index in [1.807, 2.05) is 0 Å². The van der Waals surface area contributed by atoms with Crippen LogP contribution >= 0.6 is 0 Å². The largest absolute Gasteiger partial charge is 0.271 e. The third-order valence-electron chi connectivity index (χ3n) is 2.67. The van der Waals surface area contributed by atoms with Gasteiger partial charge in [0.25, 0.3) is 5.69 Å². The van der Waals surface area contributed by atoms with Crippen molar-refractivity contribution in [3.8, 4) is 0 Å². The summed E-state index contributed by atoms with van der Waals surface area (Å²) < 4.78 is 26.6. The van der Waals surface area contributed by atoms with Gasteiger partial charge in [-0.2, -0.15) is 0 Å². The summed E-state index contributed by atoms with van der Waals surface area (Å²) in [6.07, 6.45) is 0. The lowest BCUT2D eigenvalue weighted by atomic mass is 10.1. The molecule has 0 atom stereocenters. The molecule has 104 valence electrons. The lowest BCUT2D eigenvalue weighted by Crippen LogP contribution is -2.26. The van der Waals surface area contributed by atoms with E-state index in [2.05, 4.69) is 11.3 Å². The highest BCUT2D eigenvalue weighted by Gasteiger charge is 2.21. The minimum absolute atomic E-state index is 0.0690. The second kappa shape index (κ2) is 5.50. The smallest absolute Gasteiger partial charge is 0.258 e. The van der Waals surface area contributed by atoms with Gasteiger partial charge in [-0.05, 0) is 31.9 Å². The van der Waals surface area contributed by atoms with Gasteiger partial charge in [0.2, 0.25) is 10.0 Å².